The van der Waals surface area contributed by atoms with Crippen LogP contribution in [-0.2, 0) is 9.59 Å². The summed E-state index contributed by atoms with van der Waals surface area (Å²) in [5, 5.41) is 2.20. The highest BCUT2D eigenvalue weighted by atomic mass is 16.2. The van der Waals surface area contributed by atoms with Crippen LogP contribution in [0, 0.1) is 24.2 Å². The zero-order valence-electron chi connectivity index (χ0n) is 9.44. The Morgan fingerprint density at radius 3 is 2.53 bits per heavy atom. The summed E-state index contributed by atoms with van der Waals surface area (Å²) >= 11 is 0. The van der Waals surface area contributed by atoms with Crippen molar-refractivity contribution >= 4 is 17.8 Å². The van der Waals surface area contributed by atoms with E-state index in [2.05, 4.69) is 11.2 Å². The second kappa shape index (κ2) is 4.58. The number of nitrogens with zero attached hydrogens (tertiary/aromatic N) is 1. The second-order valence-electron chi connectivity index (χ2n) is 4.45. The summed E-state index contributed by atoms with van der Waals surface area (Å²) in [6, 6.07) is -0.702. The van der Waals surface area contributed by atoms with E-state index in [4.69, 9.17) is 6.42 Å². The van der Waals surface area contributed by atoms with Crippen molar-refractivity contribution in [2.24, 2.45) is 11.8 Å². The number of imide groups is 2. The van der Waals surface area contributed by atoms with Crippen molar-refractivity contribution in [3.63, 3.8) is 0 Å². The van der Waals surface area contributed by atoms with Crippen molar-refractivity contribution in [1.82, 2.24) is 10.2 Å². The van der Waals surface area contributed by atoms with Crippen LogP contribution in [0.5, 0.6) is 0 Å². The van der Waals surface area contributed by atoms with Crippen LogP contribution in [0.1, 0.15) is 25.7 Å². The third-order valence-electron chi connectivity index (χ3n) is 3.41. The largest absolute Gasteiger partial charge is 0.331 e. The van der Waals surface area contributed by atoms with E-state index in [-0.39, 0.29) is 12.5 Å². The molecular formula is C12H14N2O3. The molecule has 1 heterocycles. The lowest BCUT2D eigenvalue weighted by Gasteiger charge is -2.31. The maximum absolute atomic E-state index is 12.1. The monoisotopic (exact) mass is 234 g/mol. The smallest absolute Gasteiger partial charge is 0.277 e. The normalized spacial score (nSPS) is 25.9. The van der Waals surface area contributed by atoms with Crippen LogP contribution in [0.15, 0.2) is 0 Å². The molecule has 0 bridgehead atoms. The number of nitrogens with one attached hydrogen (secondary N) is 1. The molecule has 2 aliphatic rings. The van der Waals surface area contributed by atoms with Crippen molar-refractivity contribution in [2.75, 3.05) is 6.54 Å². The number of barbiturate groups is 1. The highest BCUT2D eigenvalue weighted by molar-refractivity contribution is 6.16. The van der Waals surface area contributed by atoms with Crippen LogP contribution in [-0.4, -0.2) is 29.3 Å². The third kappa shape index (κ3) is 2.03. The number of hydrogen-bond acceptors (Lipinski definition) is 3. The van der Waals surface area contributed by atoms with Crippen molar-refractivity contribution in [1.29, 1.82) is 0 Å². The number of amides is 4. The van der Waals surface area contributed by atoms with Gasteiger partial charge in [0.2, 0.25) is 11.8 Å². The van der Waals surface area contributed by atoms with Crippen LogP contribution in [0.2, 0.25) is 0 Å². The molecule has 5 nitrogen and oxygen atoms in total. The van der Waals surface area contributed by atoms with E-state index in [1.807, 2.05) is 0 Å². The molecule has 0 aromatic heterocycles. The predicted octanol–water partition coefficient (Wildman–Crippen LogP) is 0.504. The summed E-state index contributed by atoms with van der Waals surface area (Å²) in [6.45, 7) is -0.0822. The zero-order chi connectivity index (χ0) is 12.4. The van der Waals surface area contributed by atoms with E-state index in [0.29, 0.717) is 0 Å². The molecule has 1 aliphatic heterocycles. The molecule has 0 spiro atoms. The van der Waals surface area contributed by atoms with Crippen LogP contribution in [0.3, 0.4) is 0 Å². The molecule has 4 amide bonds. The van der Waals surface area contributed by atoms with E-state index >= 15 is 0 Å². The Bertz CT molecular complexity index is 404. The lowest BCUT2D eigenvalue weighted by atomic mass is 9.87. The average Bonchev–Trinajstić information content (AvgIpc) is 2.77. The first-order valence-corrected chi connectivity index (χ1v) is 5.75. The van der Waals surface area contributed by atoms with Gasteiger partial charge in [-0.1, -0.05) is 18.8 Å². The Hall–Kier alpha value is -1.83. The summed E-state index contributed by atoms with van der Waals surface area (Å²) in [4.78, 5) is 36.2. The minimum atomic E-state index is -0.733. The van der Waals surface area contributed by atoms with Gasteiger partial charge in [0.25, 0.3) is 0 Å². The fraction of sp³-hybridized carbons (Fsp3) is 0.583. The highest BCUT2D eigenvalue weighted by Crippen LogP contribution is 2.33. The lowest BCUT2D eigenvalue weighted by molar-refractivity contribution is -0.144. The van der Waals surface area contributed by atoms with Crippen LogP contribution >= 0.6 is 0 Å². The number of hydrogen-bond donors (Lipinski definition) is 1. The maximum Gasteiger partial charge on any atom is 0.331 e. The van der Waals surface area contributed by atoms with Gasteiger partial charge in [0.05, 0.1) is 6.54 Å². The lowest BCUT2D eigenvalue weighted by Crippen LogP contribution is -2.59. The number of terminal acetylenes is 1. The van der Waals surface area contributed by atoms with Gasteiger partial charge in [-0.3, -0.25) is 19.8 Å². The summed E-state index contributed by atoms with van der Waals surface area (Å²) in [6.07, 6.45) is 8.90. The number of urea groups is 1. The van der Waals surface area contributed by atoms with E-state index in [9.17, 15) is 14.4 Å². The van der Waals surface area contributed by atoms with E-state index in [1.54, 1.807) is 0 Å². The minimum absolute atomic E-state index is 0.0517. The first kappa shape index (κ1) is 11.6. The maximum atomic E-state index is 12.1. The van der Waals surface area contributed by atoms with E-state index in [0.717, 1.165) is 30.6 Å². The summed E-state index contributed by atoms with van der Waals surface area (Å²) < 4.78 is 0. The molecule has 5 heteroatoms. The zero-order valence-corrected chi connectivity index (χ0v) is 9.44. The van der Waals surface area contributed by atoms with Gasteiger partial charge in [-0.15, -0.1) is 6.42 Å². The van der Waals surface area contributed by atoms with E-state index < -0.39 is 23.8 Å². The van der Waals surface area contributed by atoms with Gasteiger partial charge >= 0.3 is 6.03 Å². The SMILES string of the molecule is C#CCN1C(=O)NC(=O)C(C2CCCC2)C1=O. The van der Waals surface area contributed by atoms with Crippen LogP contribution < -0.4 is 5.32 Å². The van der Waals surface area contributed by atoms with Gasteiger partial charge in [-0.2, -0.15) is 0 Å². The predicted molar refractivity (Wildman–Crippen MR) is 59.5 cm³/mol. The number of rotatable bonds is 2. The summed E-state index contributed by atoms with van der Waals surface area (Å²) in [5.74, 6) is 0.663. The number of carbonyl (C=O) groups excluding carboxylic acids is 3. The molecule has 1 aliphatic carbocycles. The second-order valence-corrected chi connectivity index (χ2v) is 4.45. The molecular weight excluding hydrogens is 220 g/mol. The molecule has 2 rings (SSSR count). The molecule has 1 N–H and O–H groups in total. The number of carbonyl (C=O) groups is 3. The Kier molecular flexibility index (Phi) is 3.14. The van der Waals surface area contributed by atoms with Gasteiger partial charge < -0.3 is 0 Å². The molecule has 17 heavy (non-hydrogen) atoms. The van der Waals surface area contributed by atoms with Crippen molar-refractivity contribution in [3.05, 3.63) is 0 Å². The Morgan fingerprint density at radius 2 is 1.94 bits per heavy atom. The molecule has 0 radical (unpaired) electrons. The molecule has 0 aromatic carbocycles. The first-order chi connectivity index (χ1) is 8.15. The fourth-order valence-electron chi connectivity index (χ4n) is 2.58. The van der Waals surface area contributed by atoms with Crippen LogP contribution in [0.25, 0.3) is 0 Å². The van der Waals surface area contributed by atoms with Gasteiger partial charge in [-0.25, -0.2) is 4.79 Å². The van der Waals surface area contributed by atoms with Crippen molar-refractivity contribution in [3.8, 4) is 12.3 Å². The van der Waals surface area contributed by atoms with Crippen molar-refractivity contribution < 1.29 is 14.4 Å². The highest BCUT2D eigenvalue weighted by Gasteiger charge is 2.44. The fourth-order valence-corrected chi connectivity index (χ4v) is 2.58. The minimum Gasteiger partial charge on any atom is -0.277 e. The topological polar surface area (TPSA) is 66.5 Å². The molecule has 1 saturated carbocycles. The Balaban J connectivity index is 2.20. The van der Waals surface area contributed by atoms with Gasteiger partial charge in [0.1, 0.15) is 5.92 Å². The van der Waals surface area contributed by atoms with Gasteiger partial charge in [0.15, 0.2) is 0 Å². The van der Waals surface area contributed by atoms with Crippen molar-refractivity contribution in [2.45, 2.75) is 25.7 Å². The average molecular weight is 234 g/mol. The molecule has 2 fully saturated rings. The third-order valence-corrected chi connectivity index (χ3v) is 3.41. The Labute approximate surface area is 99.5 Å². The first-order valence-electron chi connectivity index (χ1n) is 5.75. The van der Waals surface area contributed by atoms with Gasteiger partial charge in [0, 0.05) is 0 Å². The van der Waals surface area contributed by atoms with Crippen LogP contribution in [0.4, 0.5) is 4.79 Å². The standard InChI is InChI=1S/C12H14N2O3/c1-2-7-14-11(16)9(8-5-3-4-6-8)10(15)13-12(14)17/h1,8-9H,3-7H2,(H,13,15,17). The van der Waals surface area contributed by atoms with E-state index in [1.165, 1.54) is 0 Å². The quantitative estimate of drug-likeness (QED) is 0.559. The van der Waals surface area contributed by atoms with Gasteiger partial charge in [-0.05, 0) is 18.8 Å². The summed E-state index contributed by atoms with van der Waals surface area (Å²) in [5.41, 5.74) is 0. The molecule has 1 atom stereocenters. The molecule has 1 unspecified atom stereocenters. The summed E-state index contributed by atoms with van der Waals surface area (Å²) in [7, 11) is 0. The Morgan fingerprint density at radius 1 is 1.29 bits per heavy atom. The molecule has 0 aromatic rings. The molecule has 1 saturated heterocycles. The molecule has 90 valence electrons.